The van der Waals surface area contributed by atoms with E-state index in [0.29, 0.717) is 24.7 Å². The van der Waals surface area contributed by atoms with Gasteiger partial charge in [-0.1, -0.05) is 29.8 Å². The van der Waals surface area contributed by atoms with E-state index in [1.54, 1.807) is 6.08 Å². The van der Waals surface area contributed by atoms with Gasteiger partial charge in [0.2, 0.25) is 11.8 Å². The van der Waals surface area contributed by atoms with Crippen molar-refractivity contribution in [2.75, 3.05) is 13.1 Å². The number of hydrogen-bond donors (Lipinski definition) is 2. The van der Waals surface area contributed by atoms with Crippen molar-refractivity contribution < 1.29 is 9.59 Å². The standard InChI is InChI=1S/C19H23ClN4O2/c1-13-17(8-9-19(26)22-11-10-21-15(3)25)14(2)24(23-13)12-16-6-4-5-7-18(16)20/h4-9H,10-12H2,1-3H3,(H,21,25)(H,22,26). The third-order valence-electron chi connectivity index (χ3n) is 3.91. The summed E-state index contributed by atoms with van der Waals surface area (Å²) in [4.78, 5) is 22.6. The van der Waals surface area contributed by atoms with Crippen LogP contribution in [0.5, 0.6) is 0 Å². The lowest BCUT2D eigenvalue weighted by atomic mass is 10.1. The van der Waals surface area contributed by atoms with Gasteiger partial charge in [0.15, 0.2) is 0 Å². The first-order chi connectivity index (χ1) is 12.4. The molecule has 0 aliphatic heterocycles. The van der Waals surface area contributed by atoms with Crippen LogP contribution in [0.4, 0.5) is 0 Å². The second kappa shape index (κ2) is 9.20. The number of halogens is 1. The number of nitrogens with one attached hydrogen (secondary N) is 2. The lowest BCUT2D eigenvalue weighted by Gasteiger charge is -2.06. The Bertz CT molecular complexity index is 827. The second-order valence-corrected chi connectivity index (χ2v) is 6.35. The molecule has 0 spiro atoms. The normalized spacial score (nSPS) is 10.9. The number of aromatic nitrogens is 2. The molecule has 0 fully saturated rings. The number of benzene rings is 1. The minimum absolute atomic E-state index is 0.119. The molecule has 1 heterocycles. The van der Waals surface area contributed by atoms with Gasteiger partial charge in [-0.25, -0.2) is 0 Å². The van der Waals surface area contributed by atoms with Gasteiger partial charge < -0.3 is 10.6 Å². The Morgan fingerprint density at radius 3 is 2.58 bits per heavy atom. The number of carbonyl (C=O) groups excluding carboxylic acids is 2. The maximum Gasteiger partial charge on any atom is 0.244 e. The largest absolute Gasteiger partial charge is 0.355 e. The first-order valence-electron chi connectivity index (χ1n) is 8.36. The van der Waals surface area contributed by atoms with Gasteiger partial charge in [0.25, 0.3) is 0 Å². The molecule has 1 aromatic carbocycles. The molecule has 7 heteroatoms. The molecule has 26 heavy (non-hydrogen) atoms. The number of aryl methyl sites for hydroxylation is 1. The molecule has 2 aromatic rings. The zero-order valence-corrected chi connectivity index (χ0v) is 15.9. The SMILES string of the molecule is CC(=O)NCCNC(=O)C=Cc1c(C)nn(Cc2ccccc2Cl)c1C. The van der Waals surface area contributed by atoms with Crippen molar-refractivity contribution >= 4 is 29.5 Å². The zero-order valence-electron chi connectivity index (χ0n) is 15.2. The monoisotopic (exact) mass is 374 g/mol. The maximum absolute atomic E-state index is 11.9. The molecule has 2 N–H and O–H groups in total. The van der Waals surface area contributed by atoms with Crippen LogP contribution < -0.4 is 10.6 Å². The highest BCUT2D eigenvalue weighted by Gasteiger charge is 2.11. The van der Waals surface area contributed by atoms with E-state index >= 15 is 0 Å². The van der Waals surface area contributed by atoms with Gasteiger partial charge >= 0.3 is 0 Å². The molecule has 0 aliphatic rings. The molecular weight excluding hydrogens is 352 g/mol. The molecular formula is C19H23ClN4O2. The van der Waals surface area contributed by atoms with E-state index in [9.17, 15) is 9.59 Å². The van der Waals surface area contributed by atoms with E-state index < -0.39 is 0 Å². The van der Waals surface area contributed by atoms with Crippen LogP contribution in [0, 0.1) is 13.8 Å². The molecule has 0 unspecified atom stereocenters. The quantitative estimate of drug-likeness (QED) is 0.577. The molecule has 0 radical (unpaired) electrons. The van der Waals surface area contributed by atoms with Crippen molar-refractivity contribution in [2.45, 2.75) is 27.3 Å². The third kappa shape index (κ3) is 5.46. The Kier molecular flexibility index (Phi) is 6.97. The molecule has 138 valence electrons. The Morgan fingerprint density at radius 2 is 1.88 bits per heavy atom. The Balaban J connectivity index is 2.02. The minimum Gasteiger partial charge on any atom is -0.355 e. The highest BCUT2D eigenvalue weighted by molar-refractivity contribution is 6.31. The summed E-state index contributed by atoms with van der Waals surface area (Å²) in [7, 11) is 0. The summed E-state index contributed by atoms with van der Waals surface area (Å²) in [6, 6.07) is 7.66. The Labute approximate surface area is 158 Å². The summed E-state index contributed by atoms with van der Waals surface area (Å²) in [5, 5.41) is 10.6. The van der Waals surface area contributed by atoms with Crippen LogP contribution in [0.1, 0.15) is 29.4 Å². The number of nitrogens with zero attached hydrogens (tertiary/aromatic N) is 2. The van der Waals surface area contributed by atoms with Crippen molar-refractivity contribution in [2.24, 2.45) is 0 Å². The van der Waals surface area contributed by atoms with E-state index in [-0.39, 0.29) is 11.8 Å². The lowest BCUT2D eigenvalue weighted by Crippen LogP contribution is -2.32. The average Bonchev–Trinajstić information content (AvgIpc) is 2.85. The molecule has 0 bridgehead atoms. The van der Waals surface area contributed by atoms with Gasteiger partial charge in [-0.3, -0.25) is 14.3 Å². The smallest absolute Gasteiger partial charge is 0.244 e. The van der Waals surface area contributed by atoms with E-state index in [2.05, 4.69) is 15.7 Å². The predicted molar refractivity (Wildman–Crippen MR) is 103 cm³/mol. The third-order valence-corrected chi connectivity index (χ3v) is 4.28. The fourth-order valence-electron chi connectivity index (χ4n) is 2.54. The van der Waals surface area contributed by atoms with Crippen molar-refractivity contribution in [1.29, 1.82) is 0 Å². The van der Waals surface area contributed by atoms with Gasteiger partial charge in [0, 0.05) is 42.4 Å². The van der Waals surface area contributed by atoms with Gasteiger partial charge in [0.05, 0.1) is 12.2 Å². The fourth-order valence-corrected chi connectivity index (χ4v) is 2.73. The fraction of sp³-hybridized carbons (Fsp3) is 0.316. The number of hydrogen-bond acceptors (Lipinski definition) is 3. The molecule has 1 aromatic heterocycles. The molecule has 0 saturated carbocycles. The highest BCUT2D eigenvalue weighted by atomic mass is 35.5. The van der Waals surface area contributed by atoms with Crippen LogP contribution in [0.2, 0.25) is 5.02 Å². The van der Waals surface area contributed by atoms with Crippen LogP contribution in [0.15, 0.2) is 30.3 Å². The van der Waals surface area contributed by atoms with Gasteiger partial charge in [-0.15, -0.1) is 0 Å². The summed E-state index contributed by atoms with van der Waals surface area (Å²) in [6.07, 6.45) is 3.24. The Hall–Kier alpha value is -2.60. The van der Waals surface area contributed by atoms with Crippen molar-refractivity contribution in [3.63, 3.8) is 0 Å². The number of carbonyl (C=O) groups is 2. The van der Waals surface area contributed by atoms with Gasteiger partial charge in [-0.2, -0.15) is 5.10 Å². The van der Waals surface area contributed by atoms with Gasteiger partial charge in [-0.05, 0) is 31.6 Å². The Morgan fingerprint density at radius 1 is 1.19 bits per heavy atom. The van der Waals surface area contributed by atoms with Gasteiger partial charge in [0.1, 0.15) is 0 Å². The molecule has 0 atom stereocenters. The van der Waals surface area contributed by atoms with Crippen molar-refractivity contribution in [1.82, 2.24) is 20.4 Å². The van der Waals surface area contributed by atoms with Crippen molar-refractivity contribution in [3.8, 4) is 0 Å². The first-order valence-corrected chi connectivity index (χ1v) is 8.74. The summed E-state index contributed by atoms with van der Waals surface area (Å²) in [5.41, 5.74) is 3.71. The topological polar surface area (TPSA) is 76.0 Å². The van der Waals surface area contributed by atoms with E-state index in [0.717, 1.165) is 22.5 Å². The molecule has 2 rings (SSSR count). The average molecular weight is 375 g/mol. The summed E-state index contributed by atoms with van der Waals surface area (Å²) in [5.74, 6) is -0.333. The zero-order chi connectivity index (χ0) is 19.1. The first kappa shape index (κ1) is 19.7. The van der Waals surface area contributed by atoms with E-state index in [4.69, 9.17) is 11.6 Å². The number of amides is 2. The molecule has 6 nitrogen and oxygen atoms in total. The van der Waals surface area contributed by atoms with E-state index in [1.807, 2.05) is 42.8 Å². The van der Waals surface area contributed by atoms with Crippen LogP contribution in [0.3, 0.4) is 0 Å². The summed E-state index contributed by atoms with van der Waals surface area (Å²) < 4.78 is 1.88. The lowest BCUT2D eigenvalue weighted by molar-refractivity contribution is -0.119. The van der Waals surface area contributed by atoms with Crippen LogP contribution in [-0.2, 0) is 16.1 Å². The summed E-state index contributed by atoms with van der Waals surface area (Å²) in [6.45, 7) is 6.67. The van der Waals surface area contributed by atoms with Crippen LogP contribution >= 0.6 is 11.6 Å². The second-order valence-electron chi connectivity index (χ2n) is 5.94. The minimum atomic E-state index is -0.215. The highest BCUT2D eigenvalue weighted by Crippen LogP contribution is 2.20. The maximum atomic E-state index is 11.9. The van der Waals surface area contributed by atoms with Crippen LogP contribution in [-0.4, -0.2) is 34.7 Å². The predicted octanol–water partition coefficient (Wildman–Crippen LogP) is 2.47. The number of rotatable bonds is 7. The molecule has 0 aliphatic carbocycles. The molecule has 2 amide bonds. The van der Waals surface area contributed by atoms with Crippen LogP contribution in [0.25, 0.3) is 6.08 Å². The summed E-state index contributed by atoms with van der Waals surface area (Å²) >= 11 is 6.22. The molecule has 0 saturated heterocycles. The van der Waals surface area contributed by atoms with Crippen molar-refractivity contribution in [3.05, 3.63) is 57.9 Å². The van der Waals surface area contributed by atoms with E-state index in [1.165, 1.54) is 13.0 Å².